The van der Waals surface area contributed by atoms with Crippen molar-refractivity contribution in [1.29, 1.82) is 0 Å². The standard InChI is InChI=1S/C10H21N/c1-8(2)7-10-5-6-11(10)9(3)4/h8-10H,5-7H2,1-4H3. The van der Waals surface area contributed by atoms with Gasteiger partial charge in [0.1, 0.15) is 0 Å². The third-order valence-corrected chi connectivity index (χ3v) is 2.60. The Bertz CT molecular complexity index is 118. The molecule has 1 heterocycles. The van der Waals surface area contributed by atoms with Crippen molar-refractivity contribution in [2.24, 2.45) is 5.92 Å². The van der Waals surface area contributed by atoms with Gasteiger partial charge in [-0.2, -0.15) is 0 Å². The van der Waals surface area contributed by atoms with E-state index < -0.39 is 0 Å². The number of nitrogens with zero attached hydrogens (tertiary/aromatic N) is 1. The zero-order valence-electron chi connectivity index (χ0n) is 8.30. The highest BCUT2D eigenvalue weighted by Crippen LogP contribution is 2.25. The van der Waals surface area contributed by atoms with Gasteiger partial charge in [0.05, 0.1) is 0 Å². The topological polar surface area (TPSA) is 3.24 Å². The quantitative estimate of drug-likeness (QED) is 0.605. The molecule has 0 aromatic carbocycles. The fourth-order valence-corrected chi connectivity index (χ4v) is 1.94. The third kappa shape index (κ3) is 2.19. The van der Waals surface area contributed by atoms with Gasteiger partial charge in [0.2, 0.25) is 0 Å². The predicted octanol–water partition coefficient (Wildman–Crippen LogP) is 2.52. The summed E-state index contributed by atoms with van der Waals surface area (Å²) in [7, 11) is 0. The van der Waals surface area contributed by atoms with E-state index in [1.807, 2.05) is 0 Å². The SMILES string of the molecule is CC(C)CC1CCN1C(C)C. The van der Waals surface area contributed by atoms with Crippen LogP contribution >= 0.6 is 0 Å². The van der Waals surface area contributed by atoms with Gasteiger partial charge in [0, 0.05) is 18.6 Å². The lowest BCUT2D eigenvalue weighted by atomic mass is 9.92. The smallest absolute Gasteiger partial charge is 0.0113 e. The van der Waals surface area contributed by atoms with Gasteiger partial charge in [-0.25, -0.2) is 0 Å². The first-order valence-electron chi connectivity index (χ1n) is 4.87. The van der Waals surface area contributed by atoms with E-state index in [1.54, 1.807) is 0 Å². The Kier molecular flexibility index (Phi) is 2.94. The van der Waals surface area contributed by atoms with Crippen LogP contribution in [0.15, 0.2) is 0 Å². The number of hydrogen-bond donors (Lipinski definition) is 0. The van der Waals surface area contributed by atoms with Crippen LogP contribution in [0.4, 0.5) is 0 Å². The molecule has 1 atom stereocenters. The van der Waals surface area contributed by atoms with Crippen molar-refractivity contribution >= 4 is 0 Å². The van der Waals surface area contributed by atoms with E-state index in [9.17, 15) is 0 Å². The van der Waals surface area contributed by atoms with Gasteiger partial charge in [0.15, 0.2) is 0 Å². The molecule has 0 radical (unpaired) electrons. The van der Waals surface area contributed by atoms with E-state index in [0.29, 0.717) is 0 Å². The molecule has 66 valence electrons. The second kappa shape index (κ2) is 3.57. The van der Waals surface area contributed by atoms with Gasteiger partial charge in [-0.1, -0.05) is 13.8 Å². The first-order chi connectivity index (χ1) is 5.11. The molecule has 1 unspecified atom stereocenters. The van der Waals surface area contributed by atoms with Crippen LogP contribution < -0.4 is 0 Å². The molecule has 0 N–H and O–H groups in total. The Morgan fingerprint density at radius 2 is 1.91 bits per heavy atom. The zero-order chi connectivity index (χ0) is 8.43. The molecule has 0 spiro atoms. The molecule has 0 aliphatic carbocycles. The van der Waals surface area contributed by atoms with E-state index in [-0.39, 0.29) is 0 Å². The normalized spacial score (nSPS) is 26.2. The molecule has 0 amide bonds. The maximum Gasteiger partial charge on any atom is 0.0113 e. The van der Waals surface area contributed by atoms with E-state index in [2.05, 4.69) is 32.6 Å². The monoisotopic (exact) mass is 155 g/mol. The van der Waals surface area contributed by atoms with Crippen molar-refractivity contribution in [3.05, 3.63) is 0 Å². The van der Waals surface area contributed by atoms with E-state index in [0.717, 1.165) is 18.0 Å². The minimum atomic E-state index is 0.757. The zero-order valence-corrected chi connectivity index (χ0v) is 8.30. The van der Waals surface area contributed by atoms with Gasteiger partial charge in [0.25, 0.3) is 0 Å². The van der Waals surface area contributed by atoms with Gasteiger partial charge >= 0.3 is 0 Å². The Morgan fingerprint density at radius 3 is 2.18 bits per heavy atom. The van der Waals surface area contributed by atoms with Crippen LogP contribution in [0.2, 0.25) is 0 Å². The summed E-state index contributed by atoms with van der Waals surface area (Å²) in [4.78, 5) is 2.61. The molecular weight excluding hydrogens is 134 g/mol. The molecule has 1 nitrogen and oxygen atoms in total. The summed E-state index contributed by atoms with van der Waals surface area (Å²) >= 11 is 0. The lowest BCUT2D eigenvalue weighted by molar-refractivity contribution is 0.0428. The van der Waals surface area contributed by atoms with Crippen molar-refractivity contribution in [1.82, 2.24) is 4.90 Å². The molecule has 1 rings (SSSR count). The molecule has 11 heavy (non-hydrogen) atoms. The molecule has 0 bridgehead atoms. The van der Waals surface area contributed by atoms with E-state index in [1.165, 1.54) is 19.4 Å². The summed E-state index contributed by atoms with van der Waals surface area (Å²) in [6.45, 7) is 10.6. The summed E-state index contributed by atoms with van der Waals surface area (Å²) in [5, 5.41) is 0. The van der Waals surface area contributed by atoms with Gasteiger partial charge < -0.3 is 0 Å². The van der Waals surface area contributed by atoms with E-state index >= 15 is 0 Å². The maximum absolute atomic E-state index is 2.61. The van der Waals surface area contributed by atoms with Crippen LogP contribution in [-0.4, -0.2) is 23.5 Å². The minimum Gasteiger partial charge on any atom is -0.298 e. The van der Waals surface area contributed by atoms with Crippen LogP contribution in [0.5, 0.6) is 0 Å². The van der Waals surface area contributed by atoms with Gasteiger partial charge in [-0.05, 0) is 32.6 Å². The molecule has 1 aliphatic heterocycles. The molecule has 1 saturated heterocycles. The predicted molar refractivity (Wildman–Crippen MR) is 49.7 cm³/mol. The summed E-state index contributed by atoms with van der Waals surface area (Å²) in [6, 6.07) is 1.66. The Balaban J connectivity index is 2.26. The highest BCUT2D eigenvalue weighted by molar-refractivity contribution is 4.85. The summed E-state index contributed by atoms with van der Waals surface area (Å²) < 4.78 is 0. The molecule has 0 aromatic heterocycles. The Morgan fingerprint density at radius 1 is 1.27 bits per heavy atom. The fourth-order valence-electron chi connectivity index (χ4n) is 1.94. The number of hydrogen-bond acceptors (Lipinski definition) is 1. The maximum atomic E-state index is 2.61. The van der Waals surface area contributed by atoms with Crippen molar-refractivity contribution < 1.29 is 0 Å². The second-order valence-electron chi connectivity index (χ2n) is 4.40. The van der Waals surface area contributed by atoms with Crippen molar-refractivity contribution in [3.8, 4) is 0 Å². The highest BCUT2D eigenvalue weighted by atomic mass is 15.2. The number of likely N-dealkylation sites (tertiary alicyclic amines) is 1. The van der Waals surface area contributed by atoms with Crippen LogP contribution in [-0.2, 0) is 0 Å². The Hall–Kier alpha value is -0.0400. The fraction of sp³-hybridized carbons (Fsp3) is 1.00. The van der Waals surface area contributed by atoms with Gasteiger partial charge in [-0.3, -0.25) is 4.90 Å². The molecule has 1 aliphatic rings. The van der Waals surface area contributed by atoms with Crippen LogP contribution in [0, 0.1) is 5.92 Å². The molecule has 1 fully saturated rings. The van der Waals surface area contributed by atoms with Crippen molar-refractivity contribution in [2.75, 3.05) is 6.54 Å². The molecule has 0 saturated carbocycles. The molecular formula is C10H21N. The van der Waals surface area contributed by atoms with Crippen molar-refractivity contribution in [3.63, 3.8) is 0 Å². The largest absolute Gasteiger partial charge is 0.298 e. The summed E-state index contributed by atoms with van der Waals surface area (Å²) in [5.41, 5.74) is 0. The third-order valence-electron chi connectivity index (χ3n) is 2.60. The van der Waals surface area contributed by atoms with Gasteiger partial charge in [-0.15, -0.1) is 0 Å². The van der Waals surface area contributed by atoms with Crippen LogP contribution in [0.1, 0.15) is 40.5 Å². The molecule has 1 heteroatoms. The highest BCUT2D eigenvalue weighted by Gasteiger charge is 2.29. The summed E-state index contributed by atoms with van der Waals surface area (Å²) in [6.07, 6.45) is 2.81. The second-order valence-corrected chi connectivity index (χ2v) is 4.40. The minimum absolute atomic E-state index is 0.757. The first kappa shape index (κ1) is 9.05. The van der Waals surface area contributed by atoms with Crippen molar-refractivity contribution in [2.45, 2.75) is 52.6 Å². The summed E-state index contributed by atoms with van der Waals surface area (Å²) in [5.74, 6) is 0.863. The number of rotatable bonds is 3. The lowest BCUT2D eigenvalue weighted by Crippen LogP contribution is -2.51. The average Bonchev–Trinajstić information content (AvgIpc) is 1.78. The average molecular weight is 155 g/mol. The van der Waals surface area contributed by atoms with Crippen LogP contribution in [0.3, 0.4) is 0 Å². The lowest BCUT2D eigenvalue weighted by Gasteiger charge is -2.44. The molecule has 0 aromatic rings. The van der Waals surface area contributed by atoms with Crippen LogP contribution in [0.25, 0.3) is 0 Å². The van der Waals surface area contributed by atoms with E-state index in [4.69, 9.17) is 0 Å². The Labute approximate surface area is 70.8 Å². The first-order valence-corrected chi connectivity index (χ1v) is 4.87.